The van der Waals surface area contributed by atoms with Crippen LogP contribution in [0.2, 0.25) is 0 Å². The van der Waals surface area contributed by atoms with Gasteiger partial charge in [-0.3, -0.25) is 0 Å². The third kappa shape index (κ3) is 3.32. The number of hydrogen-bond acceptors (Lipinski definition) is 3. The Balaban J connectivity index is 1.72. The molecule has 0 aromatic heterocycles. The highest BCUT2D eigenvalue weighted by Gasteiger charge is 2.28. The molecular formula is C19H24N2O2S. The van der Waals surface area contributed by atoms with Gasteiger partial charge in [0.25, 0.3) is 0 Å². The fourth-order valence-electron chi connectivity index (χ4n) is 2.97. The van der Waals surface area contributed by atoms with Gasteiger partial charge in [-0.15, -0.1) is 0 Å². The van der Waals surface area contributed by atoms with Crippen molar-refractivity contribution in [3.05, 3.63) is 59.2 Å². The molecule has 0 unspecified atom stereocenters. The summed E-state index contributed by atoms with van der Waals surface area (Å²) < 4.78 is 27.1. The van der Waals surface area contributed by atoms with Gasteiger partial charge < -0.3 is 4.90 Å². The van der Waals surface area contributed by atoms with Crippen molar-refractivity contribution >= 4 is 15.7 Å². The number of hydrogen-bond donors (Lipinski definition) is 0. The van der Waals surface area contributed by atoms with Crippen LogP contribution in [0, 0.1) is 20.8 Å². The molecular weight excluding hydrogens is 320 g/mol. The van der Waals surface area contributed by atoms with E-state index in [4.69, 9.17) is 0 Å². The maximum absolute atomic E-state index is 12.7. The Morgan fingerprint density at radius 3 is 2.00 bits per heavy atom. The Labute approximate surface area is 144 Å². The monoisotopic (exact) mass is 344 g/mol. The quantitative estimate of drug-likeness (QED) is 0.859. The zero-order valence-corrected chi connectivity index (χ0v) is 15.3. The van der Waals surface area contributed by atoms with E-state index >= 15 is 0 Å². The van der Waals surface area contributed by atoms with Gasteiger partial charge in [0.2, 0.25) is 10.0 Å². The maximum atomic E-state index is 12.7. The topological polar surface area (TPSA) is 40.6 Å². The summed E-state index contributed by atoms with van der Waals surface area (Å²) in [7, 11) is -3.39. The second-order valence-electron chi connectivity index (χ2n) is 6.47. The fourth-order valence-corrected chi connectivity index (χ4v) is 4.39. The van der Waals surface area contributed by atoms with E-state index in [1.54, 1.807) is 16.4 Å². The lowest BCUT2D eigenvalue weighted by molar-refractivity contribution is 0.385. The van der Waals surface area contributed by atoms with Gasteiger partial charge in [-0.05, 0) is 56.2 Å². The molecule has 0 spiro atoms. The lowest BCUT2D eigenvalue weighted by atomic mass is 10.1. The molecule has 128 valence electrons. The lowest BCUT2D eigenvalue weighted by Crippen LogP contribution is -2.48. The van der Waals surface area contributed by atoms with E-state index in [0.717, 1.165) is 5.56 Å². The van der Waals surface area contributed by atoms with Crippen LogP contribution >= 0.6 is 0 Å². The Morgan fingerprint density at radius 1 is 0.792 bits per heavy atom. The average molecular weight is 344 g/mol. The molecule has 1 heterocycles. The molecule has 1 aliphatic rings. The Hall–Kier alpha value is -1.85. The van der Waals surface area contributed by atoms with Gasteiger partial charge in [-0.2, -0.15) is 4.31 Å². The highest BCUT2D eigenvalue weighted by atomic mass is 32.2. The van der Waals surface area contributed by atoms with Crippen LogP contribution in [-0.2, 0) is 10.0 Å². The molecule has 3 rings (SSSR count). The van der Waals surface area contributed by atoms with Crippen molar-refractivity contribution in [3.8, 4) is 0 Å². The lowest BCUT2D eigenvalue weighted by Gasteiger charge is -2.35. The number of sulfonamides is 1. The van der Waals surface area contributed by atoms with Gasteiger partial charge in [0.15, 0.2) is 0 Å². The molecule has 0 radical (unpaired) electrons. The minimum atomic E-state index is -3.39. The molecule has 0 saturated carbocycles. The summed E-state index contributed by atoms with van der Waals surface area (Å²) in [6, 6.07) is 13.5. The predicted octanol–water partition coefficient (Wildman–Crippen LogP) is 3.12. The molecule has 0 N–H and O–H groups in total. The predicted molar refractivity (Wildman–Crippen MR) is 98.1 cm³/mol. The van der Waals surface area contributed by atoms with Crippen LogP contribution < -0.4 is 4.90 Å². The third-order valence-electron chi connectivity index (χ3n) is 4.75. The molecule has 2 aromatic rings. The van der Waals surface area contributed by atoms with E-state index in [1.165, 1.54) is 16.8 Å². The SMILES string of the molecule is Cc1ccc(S(=O)(=O)N2CCN(c3ccc(C)c(C)c3)CC2)cc1. The molecule has 1 fully saturated rings. The van der Waals surface area contributed by atoms with Gasteiger partial charge in [0.05, 0.1) is 4.90 Å². The molecule has 0 amide bonds. The van der Waals surface area contributed by atoms with Crippen LogP contribution in [0.5, 0.6) is 0 Å². The first-order chi connectivity index (χ1) is 11.4. The zero-order valence-electron chi connectivity index (χ0n) is 14.5. The summed E-state index contributed by atoms with van der Waals surface area (Å²) in [4.78, 5) is 2.64. The summed E-state index contributed by atoms with van der Waals surface area (Å²) in [6.45, 7) is 8.63. The van der Waals surface area contributed by atoms with Crippen LogP contribution in [0.4, 0.5) is 5.69 Å². The van der Waals surface area contributed by atoms with Gasteiger partial charge in [-0.25, -0.2) is 8.42 Å². The van der Waals surface area contributed by atoms with Gasteiger partial charge in [0.1, 0.15) is 0 Å². The molecule has 0 aliphatic carbocycles. The van der Waals surface area contributed by atoms with Gasteiger partial charge in [0, 0.05) is 31.9 Å². The fraction of sp³-hybridized carbons (Fsp3) is 0.368. The third-order valence-corrected chi connectivity index (χ3v) is 6.67. The Kier molecular flexibility index (Phi) is 4.65. The summed E-state index contributed by atoms with van der Waals surface area (Å²) >= 11 is 0. The summed E-state index contributed by atoms with van der Waals surface area (Å²) in [5.41, 5.74) is 4.78. The smallest absolute Gasteiger partial charge is 0.243 e. The van der Waals surface area contributed by atoms with E-state index in [2.05, 4.69) is 36.9 Å². The Bertz CT molecular complexity index is 821. The van der Waals surface area contributed by atoms with Crippen molar-refractivity contribution in [3.63, 3.8) is 0 Å². The van der Waals surface area contributed by atoms with Crippen LogP contribution in [-0.4, -0.2) is 38.9 Å². The van der Waals surface area contributed by atoms with E-state index in [1.807, 2.05) is 19.1 Å². The molecule has 2 aromatic carbocycles. The summed E-state index contributed by atoms with van der Waals surface area (Å²) in [5.74, 6) is 0. The van der Waals surface area contributed by atoms with E-state index in [9.17, 15) is 8.42 Å². The molecule has 0 atom stereocenters. The molecule has 5 heteroatoms. The van der Waals surface area contributed by atoms with Crippen LogP contribution in [0.3, 0.4) is 0 Å². The second-order valence-corrected chi connectivity index (χ2v) is 8.41. The van der Waals surface area contributed by atoms with Crippen molar-refractivity contribution in [2.75, 3.05) is 31.1 Å². The zero-order chi connectivity index (χ0) is 17.3. The number of benzene rings is 2. The first kappa shape index (κ1) is 17.0. The van der Waals surface area contributed by atoms with E-state index in [-0.39, 0.29) is 0 Å². The van der Waals surface area contributed by atoms with Crippen LogP contribution in [0.15, 0.2) is 47.4 Å². The number of anilines is 1. The number of nitrogens with zero attached hydrogens (tertiary/aromatic N) is 2. The standard InChI is InChI=1S/C19H24N2O2S/c1-15-4-8-19(9-5-15)24(22,23)21-12-10-20(11-13-21)18-7-6-16(2)17(3)14-18/h4-9,14H,10-13H2,1-3H3. The van der Waals surface area contributed by atoms with Gasteiger partial charge >= 0.3 is 0 Å². The molecule has 4 nitrogen and oxygen atoms in total. The van der Waals surface area contributed by atoms with Crippen molar-refractivity contribution in [2.45, 2.75) is 25.7 Å². The van der Waals surface area contributed by atoms with E-state index < -0.39 is 10.0 Å². The highest BCUT2D eigenvalue weighted by molar-refractivity contribution is 7.89. The minimum absolute atomic E-state index is 0.382. The summed E-state index contributed by atoms with van der Waals surface area (Å²) in [6.07, 6.45) is 0. The first-order valence-electron chi connectivity index (χ1n) is 8.27. The van der Waals surface area contributed by atoms with Crippen molar-refractivity contribution in [2.24, 2.45) is 0 Å². The molecule has 1 aliphatic heterocycles. The van der Waals surface area contributed by atoms with Crippen molar-refractivity contribution in [1.29, 1.82) is 0 Å². The van der Waals surface area contributed by atoms with Gasteiger partial charge in [-0.1, -0.05) is 23.8 Å². The van der Waals surface area contributed by atoms with Crippen LogP contribution in [0.25, 0.3) is 0 Å². The molecule has 1 saturated heterocycles. The van der Waals surface area contributed by atoms with Crippen molar-refractivity contribution in [1.82, 2.24) is 4.31 Å². The highest BCUT2D eigenvalue weighted by Crippen LogP contribution is 2.23. The number of aryl methyl sites for hydroxylation is 3. The first-order valence-corrected chi connectivity index (χ1v) is 9.71. The maximum Gasteiger partial charge on any atom is 0.243 e. The number of rotatable bonds is 3. The Morgan fingerprint density at radius 2 is 1.42 bits per heavy atom. The average Bonchev–Trinajstić information content (AvgIpc) is 2.58. The molecule has 0 bridgehead atoms. The largest absolute Gasteiger partial charge is 0.369 e. The normalized spacial score (nSPS) is 16.4. The molecule has 24 heavy (non-hydrogen) atoms. The number of piperazine rings is 1. The summed E-state index contributed by atoms with van der Waals surface area (Å²) in [5, 5.41) is 0. The second kappa shape index (κ2) is 6.57. The van der Waals surface area contributed by atoms with Crippen LogP contribution in [0.1, 0.15) is 16.7 Å². The van der Waals surface area contributed by atoms with Crippen molar-refractivity contribution < 1.29 is 8.42 Å². The minimum Gasteiger partial charge on any atom is -0.369 e. The van der Waals surface area contributed by atoms with E-state index in [0.29, 0.717) is 31.1 Å².